The summed E-state index contributed by atoms with van der Waals surface area (Å²) in [5.41, 5.74) is 8.47. The predicted molar refractivity (Wildman–Crippen MR) is 111 cm³/mol. The van der Waals surface area contributed by atoms with Crippen molar-refractivity contribution in [2.24, 2.45) is 0 Å². The van der Waals surface area contributed by atoms with Gasteiger partial charge in [0.2, 0.25) is 0 Å². The number of aryl methyl sites for hydroxylation is 1. The minimum Gasteiger partial charge on any atom is -0.493 e. The monoisotopic (exact) mass is 381 g/mol. The van der Waals surface area contributed by atoms with Gasteiger partial charge < -0.3 is 20.5 Å². The van der Waals surface area contributed by atoms with E-state index in [-0.39, 0.29) is 11.7 Å². The molecule has 2 aromatic rings. The largest absolute Gasteiger partial charge is 0.493 e. The molecule has 6 nitrogen and oxygen atoms in total. The zero-order chi connectivity index (χ0) is 20.4. The molecule has 6 heteroatoms. The summed E-state index contributed by atoms with van der Waals surface area (Å²) in [6, 6.07) is 8.95. The fraction of sp³-hybridized carbons (Fsp3) is 0.364. The molecule has 0 saturated carbocycles. The van der Waals surface area contributed by atoms with Crippen LogP contribution in [0.3, 0.4) is 0 Å². The van der Waals surface area contributed by atoms with Gasteiger partial charge in [-0.1, -0.05) is 18.9 Å². The minimum absolute atomic E-state index is 0.174. The molecule has 0 radical (unpaired) electrons. The fourth-order valence-electron chi connectivity index (χ4n) is 2.52. The lowest BCUT2D eigenvalue weighted by Gasteiger charge is -2.12. The lowest BCUT2D eigenvalue weighted by atomic mass is 10.1. The van der Waals surface area contributed by atoms with E-state index in [2.05, 4.69) is 29.1 Å². The Hall–Kier alpha value is -3.04. The van der Waals surface area contributed by atoms with E-state index in [1.165, 1.54) is 0 Å². The van der Waals surface area contributed by atoms with E-state index < -0.39 is 0 Å². The molecule has 1 amide bonds. The fourth-order valence-corrected chi connectivity index (χ4v) is 2.52. The van der Waals surface area contributed by atoms with Crippen molar-refractivity contribution < 1.29 is 14.3 Å². The maximum absolute atomic E-state index is 12.6. The zero-order valence-electron chi connectivity index (χ0n) is 16.7. The van der Waals surface area contributed by atoms with E-state index >= 15 is 0 Å². The van der Waals surface area contributed by atoms with Crippen molar-refractivity contribution in [3.63, 3.8) is 0 Å². The maximum Gasteiger partial charge on any atom is 0.259 e. The number of nitrogens with one attached hydrogen (secondary N) is 1. The summed E-state index contributed by atoms with van der Waals surface area (Å²) >= 11 is 0. The zero-order valence-corrected chi connectivity index (χ0v) is 16.7. The Morgan fingerprint density at radius 2 is 2.04 bits per heavy atom. The molecule has 0 aliphatic carbocycles. The Kier molecular flexibility index (Phi) is 8.32. The molecule has 28 heavy (non-hydrogen) atoms. The summed E-state index contributed by atoms with van der Waals surface area (Å²) in [4.78, 5) is 16.9. The van der Waals surface area contributed by atoms with E-state index in [0.717, 1.165) is 18.4 Å². The number of nitrogens with two attached hydrogens (primary N) is 1. The Balaban J connectivity index is 2.01. The summed E-state index contributed by atoms with van der Waals surface area (Å²) in [5.74, 6) is 6.69. The second-order valence-corrected chi connectivity index (χ2v) is 6.30. The van der Waals surface area contributed by atoms with Crippen molar-refractivity contribution >= 4 is 17.4 Å². The van der Waals surface area contributed by atoms with Crippen LogP contribution in [0.5, 0.6) is 5.75 Å². The number of carbonyl (C=O) groups is 1. The highest BCUT2D eigenvalue weighted by Crippen LogP contribution is 2.21. The molecular formula is C22H27N3O3. The molecule has 148 valence electrons. The maximum atomic E-state index is 12.6. The normalized spacial score (nSPS) is 10.1. The number of benzene rings is 1. The number of pyridine rings is 1. The molecule has 0 spiro atoms. The van der Waals surface area contributed by atoms with Gasteiger partial charge in [-0.25, -0.2) is 4.98 Å². The number of hydrogen-bond acceptors (Lipinski definition) is 5. The van der Waals surface area contributed by atoms with Gasteiger partial charge >= 0.3 is 0 Å². The second-order valence-electron chi connectivity index (χ2n) is 6.30. The first-order valence-electron chi connectivity index (χ1n) is 9.30. The van der Waals surface area contributed by atoms with E-state index in [0.29, 0.717) is 42.3 Å². The highest BCUT2D eigenvalue weighted by Gasteiger charge is 2.14. The summed E-state index contributed by atoms with van der Waals surface area (Å²) in [6.07, 6.45) is 2.64. The van der Waals surface area contributed by atoms with Crippen molar-refractivity contribution in [3.8, 4) is 17.6 Å². The first-order valence-corrected chi connectivity index (χ1v) is 9.30. The van der Waals surface area contributed by atoms with Gasteiger partial charge in [0, 0.05) is 31.7 Å². The highest BCUT2D eigenvalue weighted by molar-refractivity contribution is 6.07. The average molecular weight is 381 g/mol. The van der Waals surface area contributed by atoms with Crippen molar-refractivity contribution in [2.75, 3.05) is 24.8 Å². The SMILES string of the molecule is CCCC#CCCOc1cccc(NC(=O)c2cc(C)c(COC)nc2N)c1. The lowest BCUT2D eigenvalue weighted by Crippen LogP contribution is -2.16. The second kappa shape index (κ2) is 11.0. The number of anilines is 2. The van der Waals surface area contributed by atoms with Crippen LogP contribution in [0.4, 0.5) is 11.5 Å². The van der Waals surface area contributed by atoms with Crippen LogP contribution < -0.4 is 15.8 Å². The molecule has 1 heterocycles. The summed E-state index contributed by atoms with van der Waals surface area (Å²) in [5, 5.41) is 2.84. The molecule has 1 aromatic carbocycles. The Morgan fingerprint density at radius 3 is 2.79 bits per heavy atom. The highest BCUT2D eigenvalue weighted by atomic mass is 16.5. The van der Waals surface area contributed by atoms with Crippen molar-refractivity contribution in [1.82, 2.24) is 4.98 Å². The summed E-state index contributed by atoms with van der Waals surface area (Å²) < 4.78 is 10.8. The lowest BCUT2D eigenvalue weighted by molar-refractivity contribution is 0.102. The molecule has 1 aromatic heterocycles. The predicted octanol–water partition coefficient (Wildman–Crippen LogP) is 3.94. The smallest absolute Gasteiger partial charge is 0.259 e. The first kappa shape index (κ1) is 21.3. The van der Waals surface area contributed by atoms with Crippen LogP contribution in [-0.2, 0) is 11.3 Å². The van der Waals surface area contributed by atoms with Crippen molar-refractivity contribution in [3.05, 3.63) is 47.2 Å². The summed E-state index contributed by atoms with van der Waals surface area (Å²) in [7, 11) is 1.59. The van der Waals surface area contributed by atoms with Crippen LogP contribution in [-0.4, -0.2) is 24.6 Å². The van der Waals surface area contributed by atoms with Crippen molar-refractivity contribution in [2.45, 2.75) is 39.7 Å². The van der Waals surface area contributed by atoms with Gasteiger partial charge in [0.15, 0.2) is 0 Å². The van der Waals surface area contributed by atoms with Gasteiger partial charge in [-0.15, -0.1) is 5.92 Å². The number of rotatable bonds is 8. The van der Waals surface area contributed by atoms with Gasteiger partial charge in [0.25, 0.3) is 5.91 Å². The van der Waals surface area contributed by atoms with Crippen LogP contribution >= 0.6 is 0 Å². The number of carbonyl (C=O) groups excluding carboxylic acids is 1. The number of ether oxygens (including phenoxy) is 2. The molecule has 0 fully saturated rings. The first-order chi connectivity index (χ1) is 13.5. The standard InChI is InChI=1S/C22H27N3O3/c1-4-5-6-7-8-12-28-18-11-9-10-17(14-18)24-22(26)19-13-16(2)20(15-27-3)25-21(19)23/h9-11,13-14H,4-5,8,12,15H2,1-3H3,(H2,23,25)(H,24,26). The number of hydrogen-bond donors (Lipinski definition) is 2. The molecular weight excluding hydrogens is 354 g/mol. The molecule has 0 atom stereocenters. The van der Waals surface area contributed by atoms with Gasteiger partial charge in [-0.3, -0.25) is 4.79 Å². The third-order valence-electron chi connectivity index (χ3n) is 3.96. The Bertz CT molecular complexity index is 869. The van der Waals surface area contributed by atoms with Crippen LogP contribution in [0.15, 0.2) is 30.3 Å². The number of amides is 1. The van der Waals surface area contributed by atoms with Crippen LogP contribution in [0.1, 0.15) is 47.8 Å². The number of nitrogen functional groups attached to an aromatic ring is 1. The van der Waals surface area contributed by atoms with Crippen molar-refractivity contribution in [1.29, 1.82) is 0 Å². The summed E-state index contributed by atoms with van der Waals surface area (Å²) in [6.45, 7) is 4.82. The third-order valence-corrected chi connectivity index (χ3v) is 3.96. The van der Waals surface area contributed by atoms with Gasteiger partial charge in [-0.2, -0.15) is 0 Å². The molecule has 0 aliphatic heterocycles. The molecule has 2 rings (SSSR count). The van der Waals surface area contributed by atoms with Gasteiger partial charge in [0.05, 0.1) is 24.5 Å². The molecule has 0 unspecified atom stereocenters. The minimum atomic E-state index is -0.320. The number of nitrogens with zero attached hydrogens (tertiary/aromatic N) is 1. The van der Waals surface area contributed by atoms with E-state index in [1.807, 2.05) is 19.1 Å². The average Bonchev–Trinajstić information content (AvgIpc) is 2.67. The van der Waals surface area contributed by atoms with Crippen LogP contribution in [0.2, 0.25) is 0 Å². The van der Waals surface area contributed by atoms with Gasteiger partial charge in [0.1, 0.15) is 11.6 Å². The molecule has 0 bridgehead atoms. The van der Waals surface area contributed by atoms with Crippen LogP contribution in [0, 0.1) is 18.8 Å². The molecule has 3 N–H and O–H groups in total. The number of methoxy groups -OCH3 is 1. The number of unbranched alkanes of at least 4 members (excludes halogenated alkanes) is 1. The number of aromatic nitrogens is 1. The molecule has 0 saturated heterocycles. The quantitative estimate of drug-likeness (QED) is 0.534. The van der Waals surface area contributed by atoms with E-state index in [1.54, 1.807) is 25.3 Å². The van der Waals surface area contributed by atoms with Crippen LogP contribution in [0.25, 0.3) is 0 Å². The topological polar surface area (TPSA) is 86.5 Å². The Labute approximate surface area is 166 Å². The van der Waals surface area contributed by atoms with E-state index in [4.69, 9.17) is 15.2 Å². The van der Waals surface area contributed by atoms with E-state index in [9.17, 15) is 4.79 Å². The molecule has 0 aliphatic rings. The van der Waals surface area contributed by atoms with Gasteiger partial charge in [-0.05, 0) is 37.1 Å². The Morgan fingerprint density at radius 1 is 1.25 bits per heavy atom. The third kappa shape index (κ3) is 6.29.